The number of carboxylic acids is 1. The molecule has 3 rings (SSSR count). The van der Waals surface area contributed by atoms with Crippen molar-refractivity contribution in [3.63, 3.8) is 0 Å². The number of nitrogens with one attached hydrogen (secondary N) is 2. The second-order valence-corrected chi connectivity index (χ2v) is 8.23. The zero-order valence-electron chi connectivity index (χ0n) is 15.9. The molecule has 8 heteroatoms. The Morgan fingerprint density at radius 1 is 0.800 bits per heavy atom. The molecule has 0 saturated heterocycles. The van der Waals surface area contributed by atoms with Crippen LogP contribution in [0.1, 0.15) is 26.3 Å². The third-order valence-electron chi connectivity index (χ3n) is 4.37. The second kappa shape index (κ2) is 9.34. The lowest BCUT2D eigenvalue weighted by Gasteiger charge is -2.10. The van der Waals surface area contributed by atoms with Gasteiger partial charge in [0.2, 0.25) is 10.0 Å². The smallest absolute Gasteiger partial charge is 0.336 e. The zero-order valence-corrected chi connectivity index (χ0v) is 16.7. The molecule has 0 saturated carbocycles. The molecule has 0 bridgehead atoms. The molecule has 0 aliphatic heterocycles. The van der Waals surface area contributed by atoms with Crippen LogP contribution in [0.15, 0.2) is 83.8 Å². The van der Waals surface area contributed by atoms with Gasteiger partial charge in [-0.05, 0) is 48.4 Å². The average molecular weight is 424 g/mol. The third kappa shape index (κ3) is 5.31. The SMILES string of the molecule is O=C(O)c1ccccc1C(=O)Nc1ccc(S(=O)(=O)NCCc2ccccc2)cc1. The van der Waals surface area contributed by atoms with Crippen LogP contribution in [0.25, 0.3) is 0 Å². The molecule has 3 N–H and O–H groups in total. The molecular formula is C22H20N2O5S. The van der Waals surface area contributed by atoms with Crippen LogP contribution in [-0.4, -0.2) is 31.9 Å². The zero-order chi connectivity index (χ0) is 21.6. The van der Waals surface area contributed by atoms with Crippen molar-refractivity contribution in [2.45, 2.75) is 11.3 Å². The Balaban J connectivity index is 1.64. The van der Waals surface area contributed by atoms with E-state index in [0.29, 0.717) is 12.1 Å². The fourth-order valence-corrected chi connectivity index (χ4v) is 3.87. The van der Waals surface area contributed by atoms with Crippen LogP contribution in [0.3, 0.4) is 0 Å². The summed E-state index contributed by atoms with van der Waals surface area (Å²) in [5.41, 5.74) is 1.28. The van der Waals surface area contributed by atoms with Gasteiger partial charge in [-0.25, -0.2) is 17.9 Å². The van der Waals surface area contributed by atoms with E-state index >= 15 is 0 Å². The van der Waals surface area contributed by atoms with Gasteiger partial charge in [0.05, 0.1) is 16.0 Å². The number of hydrogen-bond acceptors (Lipinski definition) is 4. The Morgan fingerprint density at radius 3 is 2.03 bits per heavy atom. The first-order valence-electron chi connectivity index (χ1n) is 9.14. The van der Waals surface area contributed by atoms with Crippen molar-refractivity contribution in [1.82, 2.24) is 4.72 Å². The average Bonchev–Trinajstić information content (AvgIpc) is 2.74. The summed E-state index contributed by atoms with van der Waals surface area (Å²) in [6, 6.07) is 21.0. The van der Waals surface area contributed by atoms with E-state index in [2.05, 4.69) is 10.0 Å². The van der Waals surface area contributed by atoms with Crippen LogP contribution in [0, 0.1) is 0 Å². The number of benzene rings is 3. The molecule has 30 heavy (non-hydrogen) atoms. The van der Waals surface area contributed by atoms with Crippen LogP contribution in [0.4, 0.5) is 5.69 Å². The molecule has 0 aliphatic carbocycles. The van der Waals surface area contributed by atoms with Gasteiger partial charge >= 0.3 is 5.97 Å². The molecule has 0 heterocycles. The van der Waals surface area contributed by atoms with Crippen molar-refractivity contribution in [2.75, 3.05) is 11.9 Å². The first kappa shape index (κ1) is 21.2. The minimum absolute atomic E-state index is 0.0178. The summed E-state index contributed by atoms with van der Waals surface area (Å²) in [7, 11) is -3.69. The van der Waals surface area contributed by atoms with Gasteiger partial charge in [0.15, 0.2) is 0 Å². The number of hydrogen-bond donors (Lipinski definition) is 3. The largest absolute Gasteiger partial charge is 0.478 e. The lowest BCUT2D eigenvalue weighted by atomic mass is 10.1. The Bertz CT molecular complexity index is 1140. The second-order valence-electron chi connectivity index (χ2n) is 6.46. The summed E-state index contributed by atoms with van der Waals surface area (Å²) in [5.74, 6) is -1.80. The lowest BCUT2D eigenvalue weighted by Crippen LogP contribution is -2.26. The van der Waals surface area contributed by atoms with Gasteiger partial charge in [0, 0.05) is 12.2 Å². The molecule has 1 amide bonds. The predicted molar refractivity (Wildman–Crippen MR) is 113 cm³/mol. The third-order valence-corrected chi connectivity index (χ3v) is 5.85. The molecule has 0 unspecified atom stereocenters. The van der Waals surface area contributed by atoms with E-state index in [4.69, 9.17) is 0 Å². The number of amides is 1. The number of anilines is 1. The van der Waals surface area contributed by atoms with E-state index in [9.17, 15) is 23.1 Å². The fourth-order valence-electron chi connectivity index (χ4n) is 2.84. The highest BCUT2D eigenvalue weighted by Gasteiger charge is 2.17. The van der Waals surface area contributed by atoms with Crippen LogP contribution >= 0.6 is 0 Å². The van der Waals surface area contributed by atoms with Crippen LogP contribution < -0.4 is 10.0 Å². The Labute approximate surface area is 174 Å². The van der Waals surface area contributed by atoms with Crippen molar-refractivity contribution in [3.8, 4) is 0 Å². The summed E-state index contributed by atoms with van der Waals surface area (Å²) < 4.78 is 27.4. The summed E-state index contributed by atoms with van der Waals surface area (Å²) in [6.45, 7) is 0.261. The highest BCUT2D eigenvalue weighted by atomic mass is 32.2. The first-order chi connectivity index (χ1) is 14.4. The van der Waals surface area contributed by atoms with E-state index in [-0.39, 0.29) is 22.6 Å². The maximum atomic E-state index is 12.4. The minimum atomic E-state index is -3.69. The molecule has 7 nitrogen and oxygen atoms in total. The van der Waals surface area contributed by atoms with Crippen molar-refractivity contribution < 1.29 is 23.1 Å². The van der Waals surface area contributed by atoms with Gasteiger partial charge in [0.25, 0.3) is 5.91 Å². The first-order valence-corrected chi connectivity index (χ1v) is 10.6. The number of carbonyl (C=O) groups excluding carboxylic acids is 1. The van der Waals surface area contributed by atoms with Crippen molar-refractivity contribution >= 4 is 27.6 Å². The van der Waals surface area contributed by atoms with Crippen molar-refractivity contribution in [2.24, 2.45) is 0 Å². The van der Waals surface area contributed by atoms with Gasteiger partial charge in [0.1, 0.15) is 0 Å². The molecule has 3 aromatic carbocycles. The van der Waals surface area contributed by atoms with Gasteiger partial charge in [-0.3, -0.25) is 4.79 Å². The number of sulfonamides is 1. The topological polar surface area (TPSA) is 113 Å². The Kier molecular flexibility index (Phi) is 6.61. The summed E-state index contributed by atoms with van der Waals surface area (Å²) in [5, 5.41) is 11.8. The maximum Gasteiger partial charge on any atom is 0.336 e. The monoisotopic (exact) mass is 424 g/mol. The van der Waals surface area contributed by atoms with E-state index in [0.717, 1.165) is 5.56 Å². The normalized spacial score (nSPS) is 11.1. The number of aromatic carboxylic acids is 1. The van der Waals surface area contributed by atoms with Gasteiger partial charge in [-0.1, -0.05) is 42.5 Å². The summed E-state index contributed by atoms with van der Waals surface area (Å²) in [6.07, 6.45) is 0.567. The molecule has 154 valence electrons. The molecule has 0 aliphatic rings. The predicted octanol–water partition coefficient (Wildman–Crippen LogP) is 3.16. The van der Waals surface area contributed by atoms with E-state index in [1.165, 1.54) is 42.5 Å². The lowest BCUT2D eigenvalue weighted by molar-refractivity contribution is 0.0692. The fraction of sp³-hybridized carbons (Fsp3) is 0.0909. The Morgan fingerprint density at radius 2 is 1.40 bits per heavy atom. The highest BCUT2D eigenvalue weighted by Crippen LogP contribution is 2.16. The summed E-state index contributed by atoms with van der Waals surface area (Å²) in [4.78, 5) is 23.7. The molecular weight excluding hydrogens is 404 g/mol. The minimum Gasteiger partial charge on any atom is -0.478 e. The maximum absolute atomic E-state index is 12.4. The molecule has 0 aromatic heterocycles. The Hall–Kier alpha value is -3.49. The van der Waals surface area contributed by atoms with Gasteiger partial charge < -0.3 is 10.4 Å². The summed E-state index contributed by atoms with van der Waals surface area (Å²) >= 11 is 0. The van der Waals surface area contributed by atoms with E-state index in [1.807, 2.05) is 30.3 Å². The quantitative estimate of drug-likeness (QED) is 0.514. The van der Waals surface area contributed by atoms with Gasteiger partial charge in [-0.15, -0.1) is 0 Å². The number of carbonyl (C=O) groups is 2. The van der Waals surface area contributed by atoms with E-state index < -0.39 is 21.9 Å². The molecule has 0 atom stereocenters. The number of rotatable bonds is 8. The standard InChI is InChI=1S/C22H20N2O5S/c25-21(19-8-4-5-9-20(19)22(26)27)24-17-10-12-18(13-11-17)30(28,29)23-15-14-16-6-2-1-3-7-16/h1-13,23H,14-15H2,(H,24,25)(H,26,27). The van der Waals surface area contributed by atoms with E-state index in [1.54, 1.807) is 6.07 Å². The highest BCUT2D eigenvalue weighted by molar-refractivity contribution is 7.89. The molecule has 3 aromatic rings. The van der Waals surface area contributed by atoms with Crippen LogP contribution in [0.5, 0.6) is 0 Å². The van der Waals surface area contributed by atoms with Crippen molar-refractivity contribution in [1.29, 1.82) is 0 Å². The van der Waals surface area contributed by atoms with Crippen LogP contribution in [0.2, 0.25) is 0 Å². The van der Waals surface area contributed by atoms with Crippen LogP contribution in [-0.2, 0) is 16.4 Å². The molecule has 0 fully saturated rings. The molecule has 0 radical (unpaired) electrons. The molecule has 0 spiro atoms. The van der Waals surface area contributed by atoms with Gasteiger partial charge in [-0.2, -0.15) is 0 Å². The number of carboxylic acid groups (broad SMARTS) is 1. The van der Waals surface area contributed by atoms with Crippen molar-refractivity contribution in [3.05, 3.63) is 95.6 Å².